The molecule has 0 aliphatic heterocycles. The van der Waals surface area contributed by atoms with Gasteiger partial charge in [-0.25, -0.2) is 0 Å². The zero-order valence-electron chi connectivity index (χ0n) is 12.7. The molecule has 2 N–H and O–H groups in total. The van der Waals surface area contributed by atoms with Gasteiger partial charge in [-0.3, -0.25) is 4.79 Å². The smallest absolute Gasteiger partial charge is 0.258 e. The largest absolute Gasteiger partial charge is 0.399 e. The summed E-state index contributed by atoms with van der Waals surface area (Å²) < 4.78 is 0. The second-order valence-electron chi connectivity index (χ2n) is 5.77. The molecule has 0 bridgehead atoms. The number of nitrogens with two attached hydrogens (primary N) is 1. The van der Waals surface area contributed by atoms with Crippen LogP contribution in [0.25, 0.3) is 0 Å². The van der Waals surface area contributed by atoms with Gasteiger partial charge in [0.25, 0.3) is 5.91 Å². The lowest BCUT2D eigenvalue weighted by molar-refractivity contribution is 0.0985. The molecule has 2 aromatic carbocycles. The predicted octanol–water partition coefficient (Wildman–Crippen LogP) is 4.06. The lowest BCUT2D eigenvalue weighted by atomic mass is 10.1. The maximum atomic E-state index is 13.0. The SMILES string of the molecule is Cc1ccc(N)cc1C(=O)N(CC1CC1)c1ccccc1.Cl. The van der Waals surface area contributed by atoms with Crippen LogP contribution in [0.15, 0.2) is 48.5 Å². The van der Waals surface area contributed by atoms with Crippen molar-refractivity contribution in [2.75, 3.05) is 17.2 Å². The number of anilines is 2. The third-order valence-electron chi connectivity index (χ3n) is 3.94. The Morgan fingerprint density at radius 1 is 1.18 bits per heavy atom. The topological polar surface area (TPSA) is 46.3 Å². The number of nitrogen functional groups attached to an aromatic ring is 1. The van der Waals surface area contributed by atoms with E-state index < -0.39 is 0 Å². The minimum atomic E-state index is 0. The first-order valence-electron chi connectivity index (χ1n) is 7.38. The maximum absolute atomic E-state index is 13.0. The minimum Gasteiger partial charge on any atom is -0.399 e. The standard InChI is InChI=1S/C18H20N2O.ClH/c1-13-7-10-15(19)11-17(13)18(21)20(12-14-8-9-14)16-5-3-2-4-6-16;/h2-7,10-11,14H,8-9,12,19H2,1H3;1H. The molecular weight excluding hydrogens is 296 g/mol. The summed E-state index contributed by atoms with van der Waals surface area (Å²) in [7, 11) is 0. The van der Waals surface area contributed by atoms with E-state index in [1.807, 2.05) is 54.3 Å². The number of benzene rings is 2. The Morgan fingerprint density at radius 2 is 1.86 bits per heavy atom. The third kappa shape index (κ3) is 3.60. The van der Waals surface area contributed by atoms with Crippen molar-refractivity contribution in [3.8, 4) is 0 Å². The van der Waals surface area contributed by atoms with E-state index in [9.17, 15) is 4.79 Å². The molecule has 3 nitrogen and oxygen atoms in total. The highest BCUT2D eigenvalue weighted by atomic mass is 35.5. The van der Waals surface area contributed by atoms with Gasteiger partial charge >= 0.3 is 0 Å². The van der Waals surface area contributed by atoms with E-state index in [-0.39, 0.29) is 18.3 Å². The van der Waals surface area contributed by atoms with Crippen molar-refractivity contribution in [3.63, 3.8) is 0 Å². The van der Waals surface area contributed by atoms with Crippen molar-refractivity contribution in [2.45, 2.75) is 19.8 Å². The number of hydrogen-bond donors (Lipinski definition) is 1. The summed E-state index contributed by atoms with van der Waals surface area (Å²) in [5, 5.41) is 0. The molecule has 22 heavy (non-hydrogen) atoms. The normalized spacial score (nSPS) is 13.3. The zero-order valence-corrected chi connectivity index (χ0v) is 13.5. The van der Waals surface area contributed by atoms with Crippen LogP contribution in [0.4, 0.5) is 11.4 Å². The number of aryl methyl sites for hydroxylation is 1. The Labute approximate surface area is 137 Å². The fourth-order valence-corrected chi connectivity index (χ4v) is 2.49. The van der Waals surface area contributed by atoms with Gasteiger partial charge in [0, 0.05) is 23.5 Å². The summed E-state index contributed by atoms with van der Waals surface area (Å²) >= 11 is 0. The molecule has 0 spiro atoms. The predicted molar refractivity (Wildman–Crippen MR) is 93.7 cm³/mol. The van der Waals surface area contributed by atoms with Crippen molar-refractivity contribution in [1.29, 1.82) is 0 Å². The highest BCUT2D eigenvalue weighted by Crippen LogP contribution is 2.32. The second-order valence-corrected chi connectivity index (χ2v) is 5.77. The molecule has 0 saturated heterocycles. The van der Waals surface area contributed by atoms with Gasteiger partial charge in [-0.15, -0.1) is 12.4 Å². The molecule has 3 rings (SSSR count). The molecule has 1 amide bonds. The molecule has 0 unspecified atom stereocenters. The van der Waals surface area contributed by atoms with Crippen molar-refractivity contribution in [1.82, 2.24) is 0 Å². The van der Waals surface area contributed by atoms with E-state index in [0.29, 0.717) is 17.2 Å². The molecule has 0 heterocycles. The van der Waals surface area contributed by atoms with Gasteiger partial charge in [-0.1, -0.05) is 24.3 Å². The summed E-state index contributed by atoms with van der Waals surface area (Å²) in [5.74, 6) is 0.674. The number of para-hydroxylation sites is 1. The van der Waals surface area contributed by atoms with E-state index in [1.165, 1.54) is 12.8 Å². The fraction of sp³-hybridized carbons (Fsp3) is 0.278. The number of nitrogens with zero attached hydrogens (tertiary/aromatic N) is 1. The third-order valence-corrected chi connectivity index (χ3v) is 3.94. The Morgan fingerprint density at radius 3 is 2.50 bits per heavy atom. The number of amides is 1. The van der Waals surface area contributed by atoms with E-state index in [0.717, 1.165) is 17.8 Å². The van der Waals surface area contributed by atoms with Crippen molar-refractivity contribution < 1.29 is 4.79 Å². The molecule has 1 aliphatic rings. The molecule has 1 aliphatic carbocycles. The minimum absolute atomic E-state index is 0. The van der Waals surface area contributed by atoms with Crippen LogP contribution in [-0.2, 0) is 0 Å². The van der Waals surface area contributed by atoms with Crippen LogP contribution in [0.2, 0.25) is 0 Å². The molecule has 1 fully saturated rings. The Balaban J connectivity index is 0.00000176. The highest BCUT2D eigenvalue weighted by Gasteiger charge is 2.28. The number of rotatable bonds is 4. The van der Waals surface area contributed by atoms with Crippen LogP contribution < -0.4 is 10.6 Å². The summed E-state index contributed by atoms with van der Waals surface area (Å²) in [6.45, 7) is 2.74. The Kier molecular flexibility index (Phi) is 5.09. The average molecular weight is 317 g/mol. The molecule has 0 aromatic heterocycles. The molecular formula is C18H21ClN2O. The summed E-state index contributed by atoms with van der Waals surface area (Å²) in [5.41, 5.74) is 9.09. The fourth-order valence-electron chi connectivity index (χ4n) is 2.49. The van der Waals surface area contributed by atoms with E-state index >= 15 is 0 Å². The van der Waals surface area contributed by atoms with Gasteiger partial charge < -0.3 is 10.6 Å². The molecule has 116 valence electrons. The second kappa shape index (κ2) is 6.84. The summed E-state index contributed by atoms with van der Waals surface area (Å²) in [6.07, 6.45) is 2.43. The van der Waals surface area contributed by atoms with Gasteiger partial charge in [-0.2, -0.15) is 0 Å². The van der Waals surface area contributed by atoms with E-state index in [1.54, 1.807) is 6.07 Å². The van der Waals surface area contributed by atoms with Gasteiger partial charge in [0.05, 0.1) is 0 Å². The average Bonchev–Trinajstić information content (AvgIpc) is 3.32. The van der Waals surface area contributed by atoms with Crippen LogP contribution in [0.5, 0.6) is 0 Å². The summed E-state index contributed by atoms with van der Waals surface area (Å²) in [4.78, 5) is 14.8. The van der Waals surface area contributed by atoms with Crippen LogP contribution in [0.1, 0.15) is 28.8 Å². The monoisotopic (exact) mass is 316 g/mol. The first-order valence-corrected chi connectivity index (χ1v) is 7.38. The highest BCUT2D eigenvalue weighted by molar-refractivity contribution is 6.07. The van der Waals surface area contributed by atoms with Crippen molar-refractivity contribution >= 4 is 29.7 Å². The quantitative estimate of drug-likeness (QED) is 0.865. The van der Waals surface area contributed by atoms with Crippen LogP contribution in [-0.4, -0.2) is 12.5 Å². The van der Waals surface area contributed by atoms with Gasteiger partial charge in [-0.05, 0) is 55.5 Å². The Bertz CT molecular complexity index is 653. The zero-order chi connectivity index (χ0) is 14.8. The number of halogens is 1. The van der Waals surface area contributed by atoms with Crippen molar-refractivity contribution in [3.05, 3.63) is 59.7 Å². The van der Waals surface area contributed by atoms with Gasteiger partial charge in [0.15, 0.2) is 0 Å². The molecule has 4 heteroatoms. The van der Waals surface area contributed by atoms with Gasteiger partial charge in [0.1, 0.15) is 0 Å². The van der Waals surface area contributed by atoms with Crippen molar-refractivity contribution in [2.24, 2.45) is 5.92 Å². The number of carbonyl (C=O) groups excluding carboxylic acids is 1. The molecule has 0 radical (unpaired) electrons. The van der Waals surface area contributed by atoms with Crippen LogP contribution in [0.3, 0.4) is 0 Å². The number of carbonyl (C=O) groups is 1. The Hall–Kier alpha value is -2.00. The lowest BCUT2D eigenvalue weighted by Gasteiger charge is -2.24. The maximum Gasteiger partial charge on any atom is 0.258 e. The molecule has 0 atom stereocenters. The van der Waals surface area contributed by atoms with Crippen LogP contribution in [0, 0.1) is 12.8 Å². The number of hydrogen-bond acceptors (Lipinski definition) is 2. The molecule has 1 saturated carbocycles. The van der Waals surface area contributed by atoms with E-state index in [4.69, 9.17) is 5.73 Å². The van der Waals surface area contributed by atoms with Gasteiger partial charge in [0.2, 0.25) is 0 Å². The lowest BCUT2D eigenvalue weighted by Crippen LogP contribution is -2.33. The first kappa shape index (κ1) is 16.4. The van der Waals surface area contributed by atoms with Crippen LogP contribution >= 0.6 is 12.4 Å². The summed E-state index contributed by atoms with van der Waals surface area (Å²) in [6, 6.07) is 15.4. The molecule has 2 aromatic rings. The first-order chi connectivity index (χ1) is 10.1. The van der Waals surface area contributed by atoms with E-state index in [2.05, 4.69) is 0 Å².